The van der Waals surface area contributed by atoms with Gasteiger partial charge in [-0.25, -0.2) is 19.6 Å². The molecule has 1 spiro atoms. The number of imidazole rings is 2. The van der Waals surface area contributed by atoms with E-state index in [1.807, 2.05) is 65.8 Å². The first-order chi connectivity index (χ1) is 29.2. The number of carbonyl (C=O) groups excluding carboxylic acids is 4. The van der Waals surface area contributed by atoms with Gasteiger partial charge in [0.2, 0.25) is 11.8 Å². The number of nitrogens with one attached hydrogen (secondary N) is 4. The largest absolute Gasteiger partial charge is 0.453 e. The molecule has 3 aliphatic rings. The van der Waals surface area contributed by atoms with Crippen molar-refractivity contribution in [3.8, 4) is 33.6 Å². The fraction of sp³-hybridized carbons (Fsp3) is 0.511. The van der Waals surface area contributed by atoms with Crippen molar-refractivity contribution in [1.82, 2.24) is 40.4 Å². The van der Waals surface area contributed by atoms with E-state index < -0.39 is 36.1 Å². The molecule has 4 amide bonds. The van der Waals surface area contributed by atoms with Gasteiger partial charge in [-0.3, -0.25) is 9.59 Å². The van der Waals surface area contributed by atoms with Gasteiger partial charge in [-0.05, 0) is 67.2 Å². The number of alkyl carbamates (subject to hydrolysis) is 2. The average molecular weight is 839 g/mol. The summed E-state index contributed by atoms with van der Waals surface area (Å²) in [5, 5.41) is 5.41. The van der Waals surface area contributed by atoms with E-state index in [1.54, 1.807) is 22.2 Å². The van der Waals surface area contributed by atoms with Gasteiger partial charge < -0.3 is 49.3 Å². The van der Waals surface area contributed by atoms with Crippen LogP contribution < -0.4 is 10.6 Å². The van der Waals surface area contributed by atoms with Crippen molar-refractivity contribution in [3.63, 3.8) is 0 Å². The number of nitrogens with zero attached hydrogens (tertiary/aromatic N) is 4. The monoisotopic (exact) mass is 838 g/mol. The number of aromatic amines is 2. The third-order valence-corrected chi connectivity index (χ3v) is 11.9. The predicted molar refractivity (Wildman–Crippen MR) is 227 cm³/mol. The van der Waals surface area contributed by atoms with Gasteiger partial charge in [-0.2, -0.15) is 0 Å². The Balaban J connectivity index is 1.05. The summed E-state index contributed by atoms with van der Waals surface area (Å²) in [6, 6.07) is 14.2. The van der Waals surface area contributed by atoms with Crippen LogP contribution in [-0.2, 0) is 28.5 Å². The van der Waals surface area contributed by atoms with Gasteiger partial charge in [0, 0.05) is 13.0 Å². The Morgan fingerprint density at radius 1 is 0.705 bits per heavy atom. The second kappa shape index (κ2) is 18.1. The molecule has 16 heteroatoms. The van der Waals surface area contributed by atoms with Gasteiger partial charge in [-0.15, -0.1) is 0 Å². The molecule has 3 fully saturated rings. The smallest absolute Gasteiger partial charge is 0.407 e. The predicted octanol–water partition coefficient (Wildman–Crippen LogP) is 6.74. The minimum Gasteiger partial charge on any atom is -0.453 e. The summed E-state index contributed by atoms with van der Waals surface area (Å²) in [5.74, 6) is -0.423. The lowest BCUT2D eigenvalue weighted by molar-refractivity contribution is -0.303. The molecule has 4 N–H and O–H groups in total. The van der Waals surface area contributed by atoms with E-state index in [-0.39, 0.29) is 48.4 Å². The molecular weight excluding hydrogens is 781 g/mol. The number of likely N-dealkylation sites (tertiary alicyclic amines) is 2. The lowest BCUT2D eigenvalue weighted by Gasteiger charge is -2.40. The number of hydrogen-bond acceptors (Lipinski definition) is 10. The summed E-state index contributed by atoms with van der Waals surface area (Å²) in [5.41, 5.74) is 5.59. The maximum Gasteiger partial charge on any atom is 0.407 e. The van der Waals surface area contributed by atoms with E-state index in [0.29, 0.717) is 24.6 Å². The second-order valence-electron chi connectivity index (χ2n) is 17.1. The quantitative estimate of drug-likeness (QED) is 0.126. The van der Waals surface area contributed by atoms with Crippen LogP contribution in [0.25, 0.3) is 33.6 Å². The highest BCUT2D eigenvalue weighted by Gasteiger charge is 2.54. The molecule has 16 nitrogen and oxygen atoms in total. The molecule has 4 aromatic rings. The molecule has 3 saturated heterocycles. The summed E-state index contributed by atoms with van der Waals surface area (Å²) < 4.78 is 22.4. The zero-order chi connectivity index (χ0) is 43.6. The van der Waals surface area contributed by atoms with Crippen molar-refractivity contribution in [3.05, 3.63) is 72.6 Å². The third-order valence-electron chi connectivity index (χ3n) is 11.9. The Kier molecular flexibility index (Phi) is 12.9. The maximum absolute atomic E-state index is 14.2. The van der Waals surface area contributed by atoms with E-state index in [1.165, 1.54) is 14.2 Å². The number of benzene rings is 2. The summed E-state index contributed by atoms with van der Waals surface area (Å²) in [7, 11) is 2.56. The van der Waals surface area contributed by atoms with Crippen LogP contribution in [0.4, 0.5) is 9.59 Å². The number of carbonyl (C=O) groups is 4. The first-order valence-electron chi connectivity index (χ1n) is 21.2. The molecule has 5 heterocycles. The highest BCUT2D eigenvalue weighted by molar-refractivity contribution is 5.87. The second-order valence-corrected chi connectivity index (χ2v) is 17.1. The first kappa shape index (κ1) is 43.4. The maximum atomic E-state index is 14.2. The van der Waals surface area contributed by atoms with Gasteiger partial charge in [-0.1, -0.05) is 76.2 Å². The van der Waals surface area contributed by atoms with Crippen molar-refractivity contribution in [1.29, 1.82) is 0 Å². The van der Waals surface area contributed by atoms with Gasteiger partial charge in [0.1, 0.15) is 23.7 Å². The topological polar surface area (TPSA) is 193 Å². The molecule has 0 radical (unpaired) electrons. The molecular formula is C45H58N8O8. The highest BCUT2D eigenvalue weighted by Crippen LogP contribution is 2.45. The number of aromatic nitrogens is 4. The minimum absolute atomic E-state index is 0.0526. The van der Waals surface area contributed by atoms with Crippen molar-refractivity contribution in [2.45, 2.75) is 109 Å². The molecule has 2 aromatic carbocycles. The number of methoxy groups -OCH3 is 2. The molecule has 3 aliphatic heterocycles. The van der Waals surface area contributed by atoms with Crippen LogP contribution in [0, 0.1) is 11.8 Å². The summed E-state index contributed by atoms with van der Waals surface area (Å²) >= 11 is 0. The summed E-state index contributed by atoms with van der Waals surface area (Å²) in [6.45, 7) is 12.4. The Labute approximate surface area is 356 Å². The SMILES string of the molecule is COC(=O)NC(C(=O)N1CCCC1c1ncc(-c2ccc(-c3ccc(-c4cnc(C5CC6(CN5C(=O)C(NC(=O)OC)C(C)C)OC(C)CC(C)O6)[nH]4)cc3)cc2)[nH]1)C(C)C. The lowest BCUT2D eigenvalue weighted by atomic mass is 10.0. The average Bonchev–Trinajstić information content (AvgIpc) is 4.08. The zero-order valence-electron chi connectivity index (χ0n) is 36.2. The zero-order valence-corrected chi connectivity index (χ0v) is 36.2. The molecule has 7 rings (SSSR count). The standard InChI is InChI=1S/C45H58N8O8/c1-25(2)37(50-43(56)58-7)41(54)52-19-9-10-35(52)39-46-22-33(48-39)31-15-11-29(12-16-31)30-13-17-32(18-14-30)34-23-47-40(49-34)36-21-45(60-27(5)20-28(6)61-45)24-53(36)42(55)38(26(3)4)51-44(57)59-8/h11-18,22-23,25-28,35-38H,9-10,19-21,24H2,1-8H3,(H,46,48)(H,47,49)(H,50,56)(H,51,57). The Hall–Kier alpha value is -5.74. The van der Waals surface area contributed by atoms with E-state index >= 15 is 0 Å². The minimum atomic E-state index is -1.01. The van der Waals surface area contributed by atoms with Crippen LogP contribution in [0.5, 0.6) is 0 Å². The van der Waals surface area contributed by atoms with Gasteiger partial charge in [0.05, 0.1) is 68.8 Å². The van der Waals surface area contributed by atoms with Crippen molar-refractivity contribution in [2.75, 3.05) is 27.3 Å². The molecule has 0 bridgehead atoms. The molecule has 6 unspecified atom stereocenters. The number of amides is 4. The van der Waals surface area contributed by atoms with E-state index in [4.69, 9.17) is 23.9 Å². The summed E-state index contributed by atoms with van der Waals surface area (Å²) in [6.07, 6.45) is 4.90. The molecule has 61 heavy (non-hydrogen) atoms. The van der Waals surface area contributed by atoms with Crippen LogP contribution in [0.1, 0.15) is 91.0 Å². The van der Waals surface area contributed by atoms with Crippen molar-refractivity contribution < 1.29 is 38.1 Å². The number of rotatable bonds is 11. The number of ether oxygens (including phenoxy) is 4. The van der Waals surface area contributed by atoms with Gasteiger partial charge in [0.15, 0.2) is 5.79 Å². The van der Waals surface area contributed by atoms with E-state index in [2.05, 4.69) is 49.9 Å². The fourth-order valence-corrected chi connectivity index (χ4v) is 8.87. The molecule has 0 aliphatic carbocycles. The number of H-pyrrole nitrogens is 2. The van der Waals surface area contributed by atoms with Gasteiger partial charge >= 0.3 is 12.2 Å². The normalized spacial score (nSPS) is 23.6. The van der Waals surface area contributed by atoms with E-state index in [9.17, 15) is 19.2 Å². The van der Waals surface area contributed by atoms with E-state index in [0.717, 1.165) is 52.9 Å². The van der Waals surface area contributed by atoms with Crippen LogP contribution >= 0.6 is 0 Å². The van der Waals surface area contributed by atoms with Crippen LogP contribution in [0.2, 0.25) is 0 Å². The van der Waals surface area contributed by atoms with Crippen molar-refractivity contribution >= 4 is 24.0 Å². The third kappa shape index (κ3) is 9.30. The molecule has 6 atom stereocenters. The fourth-order valence-electron chi connectivity index (χ4n) is 8.87. The molecule has 326 valence electrons. The number of hydrogen-bond donors (Lipinski definition) is 4. The van der Waals surface area contributed by atoms with Crippen LogP contribution in [0.3, 0.4) is 0 Å². The Morgan fingerprint density at radius 2 is 1.15 bits per heavy atom. The lowest BCUT2D eigenvalue weighted by Crippen LogP contribution is -2.53. The Bertz CT molecular complexity index is 2170. The van der Waals surface area contributed by atoms with Crippen LogP contribution in [-0.4, -0.2) is 111 Å². The Morgan fingerprint density at radius 3 is 1.61 bits per heavy atom. The highest BCUT2D eigenvalue weighted by atomic mass is 16.7. The van der Waals surface area contributed by atoms with Crippen LogP contribution in [0.15, 0.2) is 60.9 Å². The first-order valence-corrected chi connectivity index (χ1v) is 21.2. The summed E-state index contributed by atoms with van der Waals surface area (Å²) in [4.78, 5) is 71.9. The van der Waals surface area contributed by atoms with Crippen molar-refractivity contribution in [2.24, 2.45) is 11.8 Å². The van der Waals surface area contributed by atoms with Gasteiger partial charge in [0.25, 0.3) is 0 Å². The molecule has 2 aromatic heterocycles. The molecule has 0 saturated carbocycles.